The van der Waals surface area contributed by atoms with Gasteiger partial charge in [-0.25, -0.2) is 4.99 Å². The minimum absolute atomic E-state index is 0.132. The van der Waals surface area contributed by atoms with Crippen LogP contribution in [0.25, 0.3) is 6.08 Å². The zero-order valence-electron chi connectivity index (χ0n) is 16.9. The number of nitrogens with one attached hydrogen (secondary N) is 1. The number of carbonyl (C=O) groups is 1. The van der Waals surface area contributed by atoms with Crippen LogP contribution in [0.3, 0.4) is 0 Å². The van der Waals surface area contributed by atoms with Gasteiger partial charge in [0.05, 0.1) is 10.6 Å². The normalized spacial score (nSPS) is 16.1. The molecule has 0 spiro atoms. The maximum atomic E-state index is 12.3. The number of benzene rings is 3. The Bertz CT molecular complexity index is 1100. The lowest BCUT2D eigenvalue weighted by Gasteiger charge is -2.06. The summed E-state index contributed by atoms with van der Waals surface area (Å²) in [6.07, 6.45) is 1.87. The van der Waals surface area contributed by atoms with Crippen LogP contribution in [0.5, 0.6) is 5.75 Å². The molecule has 0 saturated carbocycles. The molecule has 0 unspecified atom stereocenters. The predicted molar refractivity (Wildman–Crippen MR) is 124 cm³/mol. The van der Waals surface area contributed by atoms with E-state index in [0.717, 1.165) is 33.7 Å². The molecule has 150 valence electrons. The second kappa shape index (κ2) is 9.01. The third-order valence-corrected chi connectivity index (χ3v) is 5.42. The van der Waals surface area contributed by atoms with Crippen LogP contribution in [0.4, 0.5) is 5.69 Å². The monoisotopic (exact) mass is 414 g/mol. The number of amidine groups is 1. The molecule has 5 heteroatoms. The van der Waals surface area contributed by atoms with Crippen molar-refractivity contribution < 1.29 is 9.53 Å². The van der Waals surface area contributed by atoms with E-state index in [4.69, 9.17) is 4.74 Å². The summed E-state index contributed by atoms with van der Waals surface area (Å²) in [4.78, 5) is 17.5. The zero-order valence-corrected chi connectivity index (χ0v) is 17.7. The van der Waals surface area contributed by atoms with Crippen molar-refractivity contribution in [2.45, 2.75) is 20.5 Å². The molecule has 0 bridgehead atoms. The second-order valence-electron chi connectivity index (χ2n) is 7.17. The summed E-state index contributed by atoms with van der Waals surface area (Å²) in [5.41, 5.74) is 5.20. The molecule has 1 aliphatic rings. The summed E-state index contributed by atoms with van der Waals surface area (Å²) >= 11 is 1.35. The largest absolute Gasteiger partial charge is 0.489 e. The summed E-state index contributed by atoms with van der Waals surface area (Å²) in [7, 11) is 0. The van der Waals surface area contributed by atoms with E-state index in [1.165, 1.54) is 11.8 Å². The smallest absolute Gasteiger partial charge is 0.264 e. The van der Waals surface area contributed by atoms with Gasteiger partial charge in [0.15, 0.2) is 5.17 Å². The van der Waals surface area contributed by atoms with E-state index < -0.39 is 0 Å². The van der Waals surface area contributed by atoms with Crippen LogP contribution in [0.15, 0.2) is 82.7 Å². The highest BCUT2D eigenvalue weighted by Crippen LogP contribution is 2.29. The average Bonchev–Trinajstić information content (AvgIpc) is 3.06. The molecule has 1 heterocycles. The van der Waals surface area contributed by atoms with Gasteiger partial charge in [0.1, 0.15) is 12.4 Å². The Kier molecular flexibility index (Phi) is 6.00. The predicted octanol–water partition coefficient (Wildman–Crippen LogP) is 5.77. The molecule has 30 heavy (non-hydrogen) atoms. The van der Waals surface area contributed by atoms with Crippen molar-refractivity contribution in [3.05, 3.63) is 100.0 Å². The van der Waals surface area contributed by atoms with Crippen LogP contribution in [0, 0.1) is 13.8 Å². The van der Waals surface area contributed by atoms with Crippen molar-refractivity contribution in [2.75, 3.05) is 0 Å². The van der Waals surface area contributed by atoms with Gasteiger partial charge >= 0.3 is 0 Å². The topological polar surface area (TPSA) is 50.7 Å². The van der Waals surface area contributed by atoms with Gasteiger partial charge in [-0.05, 0) is 78.2 Å². The summed E-state index contributed by atoms with van der Waals surface area (Å²) in [5.74, 6) is 0.661. The fraction of sp³-hybridized carbons (Fsp3) is 0.120. The lowest BCUT2D eigenvalue weighted by Crippen LogP contribution is -2.19. The molecule has 1 amide bonds. The first-order chi connectivity index (χ1) is 14.5. The molecule has 0 radical (unpaired) electrons. The van der Waals surface area contributed by atoms with E-state index >= 15 is 0 Å². The van der Waals surface area contributed by atoms with Crippen molar-refractivity contribution in [1.82, 2.24) is 5.32 Å². The first-order valence-corrected chi connectivity index (χ1v) is 10.5. The molecule has 1 saturated heterocycles. The van der Waals surface area contributed by atoms with Crippen molar-refractivity contribution in [1.29, 1.82) is 0 Å². The Balaban J connectivity index is 1.43. The fourth-order valence-electron chi connectivity index (χ4n) is 3.17. The number of aliphatic imine (C=N–C) groups is 1. The Hall–Kier alpha value is -3.31. The van der Waals surface area contributed by atoms with Crippen LogP contribution >= 0.6 is 11.8 Å². The molecule has 1 fully saturated rings. The maximum Gasteiger partial charge on any atom is 0.264 e. The number of ether oxygens (including phenoxy) is 1. The quantitative estimate of drug-likeness (QED) is 0.539. The summed E-state index contributed by atoms with van der Waals surface area (Å²) in [6.45, 7) is 4.60. The molecule has 3 aromatic carbocycles. The molecule has 1 N–H and O–H groups in total. The third-order valence-electron chi connectivity index (χ3n) is 4.51. The molecule has 4 rings (SSSR count). The van der Waals surface area contributed by atoms with Crippen LogP contribution in [0.2, 0.25) is 0 Å². The minimum Gasteiger partial charge on any atom is -0.489 e. The molecule has 0 aliphatic carbocycles. The number of aryl methyl sites for hydroxylation is 2. The molecular weight excluding hydrogens is 392 g/mol. The lowest BCUT2D eigenvalue weighted by molar-refractivity contribution is -0.115. The van der Waals surface area contributed by atoms with Gasteiger partial charge in [-0.15, -0.1) is 0 Å². The first-order valence-electron chi connectivity index (χ1n) is 9.70. The molecule has 4 nitrogen and oxygen atoms in total. The van der Waals surface area contributed by atoms with E-state index in [2.05, 4.69) is 16.4 Å². The molecule has 0 aromatic heterocycles. The molecular formula is C25H22N2O2S. The lowest BCUT2D eigenvalue weighted by atomic mass is 10.1. The second-order valence-corrected chi connectivity index (χ2v) is 8.20. The average molecular weight is 415 g/mol. The molecule has 3 aromatic rings. The Morgan fingerprint density at radius 1 is 0.967 bits per heavy atom. The van der Waals surface area contributed by atoms with Crippen LogP contribution in [0.1, 0.15) is 22.3 Å². The number of amides is 1. The number of carbonyl (C=O) groups excluding carboxylic acids is 1. The Morgan fingerprint density at radius 3 is 2.37 bits per heavy atom. The highest BCUT2D eigenvalue weighted by molar-refractivity contribution is 8.18. The van der Waals surface area contributed by atoms with Gasteiger partial charge in [0.25, 0.3) is 5.91 Å². The first kappa shape index (κ1) is 20.0. The number of hydrogen-bond donors (Lipinski definition) is 1. The Labute approximate surface area is 180 Å². The number of hydrogen-bond acceptors (Lipinski definition) is 4. The standard InChI is InChI=1S/C25H22N2O2S/c1-17-12-18(2)14-21(13-17)26-25-27-24(28)23(30-25)15-19-8-10-22(11-9-19)29-16-20-6-4-3-5-7-20/h3-15H,16H2,1-2H3,(H,26,27,28)/b23-15-. The highest BCUT2D eigenvalue weighted by Gasteiger charge is 2.23. The van der Waals surface area contributed by atoms with Gasteiger partial charge in [-0.3, -0.25) is 4.79 Å². The zero-order chi connectivity index (χ0) is 20.9. The van der Waals surface area contributed by atoms with Crippen LogP contribution in [-0.4, -0.2) is 11.1 Å². The van der Waals surface area contributed by atoms with Gasteiger partial charge in [0, 0.05) is 0 Å². The van der Waals surface area contributed by atoms with Crippen molar-refractivity contribution >= 4 is 34.6 Å². The number of thioether (sulfide) groups is 1. The third kappa shape index (κ3) is 5.19. The summed E-state index contributed by atoms with van der Waals surface area (Å²) in [5, 5.41) is 3.44. The van der Waals surface area contributed by atoms with Crippen molar-refractivity contribution in [3.8, 4) is 5.75 Å². The molecule has 0 atom stereocenters. The SMILES string of the molecule is Cc1cc(C)cc(N=C2NC(=O)/C(=C/c3ccc(OCc4ccccc4)cc3)S2)c1. The summed E-state index contributed by atoms with van der Waals surface area (Å²) < 4.78 is 5.82. The summed E-state index contributed by atoms with van der Waals surface area (Å²) in [6, 6.07) is 23.9. The maximum absolute atomic E-state index is 12.3. The molecule has 1 aliphatic heterocycles. The van der Waals surface area contributed by atoms with Crippen molar-refractivity contribution in [2.24, 2.45) is 4.99 Å². The Morgan fingerprint density at radius 2 is 1.67 bits per heavy atom. The van der Waals surface area contributed by atoms with Crippen LogP contribution < -0.4 is 10.1 Å². The number of rotatable bonds is 5. The highest BCUT2D eigenvalue weighted by atomic mass is 32.2. The van der Waals surface area contributed by atoms with Gasteiger partial charge in [-0.2, -0.15) is 0 Å². The van der Waals surface area contributed by atoms with E-state index in [-0.39, 0.29) is 5.91 Å². The van der Waals surface area contributed by atoms with Crippen molar-refractivity contribution in [3.63, 3.8) is 0 Å². The minimum atomic E-state index is -0.132. The van der Waals surface area contributed by atoms with Gasteiger partial charge in [-0.1, -0.05) is 48.5 Å². The van der Waals surface area contributed by atoms with E-state index in [1.54, 1.807) is 0 Å². The fourth-order valence-corrected chi connectivity index (χ4v) is 4.01. The van der Waals surface area contributed by atoms with E-state index in [1.807, 2.05) is 86.7 Å². The number of nitrogens with zero attached hydrogens (tertiary/aromatic N) is 1. The van der Waals surface area contributed by atoms with E-state index in [0.29, 0.717) is 16.7 Å². The van der Waals surface area contributed by atoms with E-state index in [9.17, 15) is 4.79 Å². The van der Waals surface area contributed by atoms with Gasteiger partial charge < -0.3 is 10.1 Å². The van der Waals surface area contributed by atoms with Gasteiger partial charge in [0.2, 0.25) is 0 Å². The van der Waals surface area contributed by atoms with Crippen LogP contribution in [-0.2, 0) is 11.4 Å².